The summed E-state index contributed by atoms with van der Waals surface area (Å²) >= 11 is 0. The van der Waals surface area contributed by atoms with E-state index in [0.717, 1.165) is 24.0 Å². The predicted molar refractivity (Wildman–Crippen MR) is 58.7 cm³/mol. The third-order valence-corrected chi connectivity index (χ3v) is 2.48. The number of fused-ring (bicyclic) bond motifs is 1. The lowest BCUT2D eigenvalue weighted by Crippen LogP contribution is -2.18. The highest BCUT2D eigenvalue weighted by Crippen LogP contribution is 2.23. The fourth-order valence-electron chi connectivity index (χ4n) is 1.81. The fourth-order valence-corrected chi connectivity index (χ4v) is 1.81. The van der Waals surface area contributed by atoms with E-state index in [1.807, 2.05) is 37.3 Å². The fraction of sp³-hybridized carbons (Fsp3) is 0.333. The van der Waals surface area contributed by atoms with E-state index in [2.05, 4.69) is 4.98 Å². The molecule has 0 bridgehead atoms. The summed E-state index contributed by atoms with van der Waals surface area (Å²) < 4.78 is 0. The van der Waals surface area contributed by atoms with Crippen molar-refractivity contribution in [3.05, 3.63) is 41.4 Å². The van der Waals surface area contributed by atoms with Crippen LogP contribution in [0.15, 0.2) is 30.1 Å². The van der Waals surface area contributed by atoms with E-state index in [0.29, 0.717) is 5.69 Å². The highest BCUT2D eigenvalue weighted by Gasteiger charge is 2.22. The molecule has 2 rings (SSSR count). The summed E-state index contributed by atoms with van der Waals surface area (Å²) in [5, 5.41) is 0. The van der Waals surface area contributed by atoms with Crippen molar-refractivity contribution in [2.45, 2.75) is 12.8 Å². The van der Waals surface area contributed by atoms with Crippen LogP contribution in [-0.2, 0) is 6.42 Å². The Morgan fingerprint density at radius 2 is 2.20 bits per heavy atom. The van der Waals surface area contributed by atoms with Gasteiger partial charge in [0.2, 0.25) is 5.78 Å². The molecule has 3 nitrogen and oxygen atoms in total. The van der Waals surface area contributed by atoms with Crippen molar-refractivity contribution >= 4 is 5.78 Å². The van der Waals surface area contributed by atoms with Gasteiger partial charge in [0.05, 0.1) is 0 Å². The van der Waals surface area contributed by atoms with Crippen LogP contribution in [0, 0.1) is 0 Å². The molecule has 1 heterocycles. The van der Waals surface area contributed by atoms with E-state index in [9.17, 15) is 4.79 Å². The molecule has 0 atom stereocenters. The first-order valence-electron chi connectivity index (χ1n) is 5.04. The molecular weight excluding hydrogens is 188 g/mol. The second-order valence-corrected chi connectivity index (χ2v) is 3.96. The van der Waals surface area contributed by atoms with E-state index in [1.165, 1.54) is 0 Å². The number of hydrogen-bond donors (Lipinski definition) is 0. The van der Waals surface area contributed by atoms with E-state index in [-0.39, 0.29) is 5.78 Å². The van der Waals surface area contributed by atoms with Gasteiger partial charge in [0.15, 0.2) is 0 Å². The molecule has 15 heavy (non-hydrogen) atoms. The van der Waals surface area contributed by atoms with Crippen molar-refractivity contribution < 1.29 is 4.79 Å². The molecule has 3 heteroatoms. The SMILES string of the molecule is CN(C)/C=C1/CCc2cccnc2C1=O. The Balaban J connectivity index is 2.38. The Kier molecular flexibility index (Phi) is 2.54. The van der Waals surface area contributed by atoms with E-state index >= 15 is 0 Å². The molecule has 0 fully saturated rings. The lowest BCUT2D eigenvalue weighted by Gasteiger charge is -2.17. The second-order valence-electron chi connectivity index (χ2n) is 3.96. The Labute approximate surface area is 89.4 Å². The number of Topliss-reactive ketones (excluding diaryl/α,β-unsaturated/α-hetero) is 1. The summed E-state index contributed by atoms with van der Waals surface area (Å²) in [4.78, 5) is 18.0. The third-order valence-electron chi connectivity index (χ3n) is 2.48. The number of rotatable bonds is 1. The minimum atomic E-state index is 0.0746. The monoisotopic (exact) mass is 202 g/mol. The molecule has 1 aliphatic rings. The van der Waals surface area contributed by atoms with Crippen molar-refractivity contribution in [1.29, 1.82) is 0 Å². The van der Waals surface area contributed by atoms with E-state index in [4.69, 9.17) is 0 Å². The summed E-state index contributed by atoms with van der Waals surface area (Å²) in [6.45, 7) is 0. The highest BCUT2D eigenvalue weighted by atomic mass is 16.1. The van der Waals surface area contributed by atoms with Crippen LogP contribution in [0.2, 0.25) is 0 Å². The van der Waals surface area contributed by atoms with Crippen LogP contribution in [-0.4, -0.2) is 29.8 Å². The zero-order chi connectivity index (χ0) is 10.8. The number of carbonyl (C=O) groups excluding carboxylic acids is 1. The number of aromatic nitrogens is 1. The molecule has 78 valence electrons. The molecule has 0 N–H and O–H groups in total. The molecule has 0 spiro atoms. The van der Waals surface area contributed by atoms with Crippen molar-refractivity contribution in [3.8, 4) is 0 Å². The van der Waals surface area contributed by atoms with Gasteiger partial charge in [-0.2, -0.15) is 0 Å². The average molecular weight is 202 g/mol. The first-order chi connectivity index (χ1) is 7.18. The van der Waals surface area contributed by atoms with Crippen LogP contribution in [0.1, 0.15) is 22.5 Å². The molecule has 0 aliphatic heterocycles. The van der Waals surface area contributed by atoms with Crippen LogP contribution in [0.5, 0.6) is 0 Å². The summed E-state index contributed by atoms with van der Waals surface area (Å²) in [6.07, 6.45) is 5.29. The van der Waals surface area contributed by atoms with Gasteiger partial charge in [0.1, 0.15) is 5.69 Å². The largest absolute Gasteiger partial charge is 0.383 e. The highest BCUT2D eigenvalue weighted by molar-refractivity contribution is 6.09. The zero-order valence-corrected chi connectivity index (χ0v) is 9.03. The number of hydrogen-bond acceptors (Lipinski definition) is 3. The standard InChI is InChI=1S/C12H14N2O/c1-14(2)8-10-6-5-9-4-3-7-13-11(9)12(10)15/h3-4,7-8H,5-6H2,1-2H3/b10-8-. The predicted octanol–water partition coefficient (Wildman–Crippen LogP) is 1.66. The van der Waals surface area contributed by atoms with Crippen molar-refractivity contribution in [1.82, 2.24) is 9.88 Å². The molecule has 0 aromatic carbocycles. The van der Waals surface area contributed by atoms with Crippen LogP contribution in [0.3, 0.4) is 0 Å². The van der Waals surface area contributed by atoms with Crippen molar-refractivity contribution in [2.24, 2.45) is 0 Å². The smallest absolute Gasteiger partial charge is 0.209 e. The van der Waals surface area contributed by atoms with Crippen LogP contribution >= 0.6 is 0 Å². The summed E-state index contributed by atoms with van der Waals surface area (Å²) in [5.74, 6) is 0.0746. The molecule has 0 amide bonds. The van der Waals surface area contributed by atoms with Gasteiger partial charge in [0, 0.05) is 32.1 Å². The normalized spacial score (nSPS) is 17.7. The molecule has 1 aromatic rings. The molecule has 0 unspecified atom stereocenters. The van der Waals surface area contributed by atoms with Gasteiger partial charge in [-0.05, 0) is 24.5 Å². The maximum atomic E-state index is 12.0. The number of allylic oxidation sites excluding steroid dienone is 1. The third kappa shape index (κ3) is 1.91. The van der Waals surface area contributed by atoms with Crippen LogP contribution in [0.4, 0.5) is 0 Å². The molecular formula is C12H14N2O. The number of carbonyl (C=O) groups is 1. The maximum absolute atomic E-state index is 12.0. The summed E-state index contributed by atoms with van der Waals surface area (Å²) in [5.41, 5.74) is 2.54. The van der Waals surface area contributed by atoms with Crippen LogP contribution in [0.25, 0.3) is 0 Å². The lowest BCUT2D eigenvalue weighted by atomic mass is 9.91. The Hall–Kier alpha value is -1.64. The minimum absolute atomic E-state index is 0.0746. The first-order valence-corrected chi connectivity index (χ1v) is 5.04. The minimum Gasteiger partial charge on any atom is -0.383 e. The number of nitrogens with zero attached hydrogens (tertiary/aromatic N) is 2. The van der Waals surface area contributed by atoms with Gasteiger partial charge >= 0.3 is 0 Å². The Morgan fingerprint density at radius 1 is 1.40 bits per heavy atom. The van der Waals surface area contributed by atoms with E-state index in [1.54, 1.807) is 6.20 Å². The average Bonchev–Trinajstić information content (AvgIpc) is 2.22. The van der Waals surface area contributed by atoms with Gasteiger partial charge in [-0.15, -0.1) is 0 Å². The molecule has 0 saturated carbocycles. The number of aryl methyl sites for hydroxylation is 1. The summed E-state index contributed by atoms with van der Waals surface area (Å²) in [6, 6.07) is 3.86. The van der Waals surface area contributed by atoms with Gasteiger partial charge in [0.25, 0.3) is 0 Å². The molecule has 0 saturated heterocycles. The first kappa shape index (κ1) is 9.90. The van der Waals surface area contributed by atoms with Gasteiger partial charge < -0.3 is 4.90 Å². The van der Waals surface area contributed by atoms with E-state index < -0.39 is 0 Å². The van der Waals surface area contributed by atoms with Crippen LogP contribution < -0.4 is 0 Å². The maximum Gasteiger partial charge on any atom is 0.209 e. The summed E-state index contributed by atoms with van der Waals surface area (Å²) in [7, 11) is 3.85. The number of pyridine rings is 1. The number of ketones is 1. The lowest BCUT2D eigenvalue weighted by molar-refractivity contribution is 0.101. The van der Waals surface area contributed by atoms with Crippen molar-refractivity contribution in [2.75, 3.05) is 14.1 Å². The molecule has 1 aromatic heterocycles. The Morgan fingerprint density at radius 3 is 2.93 bits per heavy atom. The van der Waals surface area contributed by atoms with Gasteiger partial charge in [-0.1, -0.05) is 6.07 Å². The molecule has 1 aliphatic carbocycles. The Bertz CT molecular complexity index is 421. The second kappa shape index (κ2) is 3.85. The van der Waals surface area contributed by atoms with Crippen molar-refractivity contribution in [3.63, 3.8) is 0 Å². The zero-order valence-electron chi connectivity index (χ0n) is 9.03. The quantitative estimate of drug-likeness (QED) is 0.649. The van der Waals surface area contributed by atoms with Gasteiger partial charge in [-0.25, -0.2) is 0 Å². The van der Waals surface area contributed by atoms with Gasteiger partial charge in [-0.3, -0.25) is 9.78 Å². The topological polar surface area (TPSA) is 33.2 Å². The molecule has 0 radical (unpaired) electrons.